The van der Waals surface area contributed by atoms with E-state index in [0.717, 1.165) is 17.4 Å². The van der Waals surface area contributed by atoms with Crippen LogP contribution in [0.15, 0.2) is 16.7 Å². The summed E-state index contributed by atoms with van der Waals surface area (Å²) in [4.78, 5) is 18.6. The molecule has 0 radical (unpaired) electrons. The van der Waals surface area contributed by atoms with Crippen LogP contribution < -0.4 is 15.5 Å². The highest BCUT2D eigenvalue weighted by atomic mass is 79.9. The molecule has 1 aliphatic heterocycles. The first kappa shape index (κ1) is 18.6. The van der Waals surface area contributed by atoms with Crippen LogP contribution in [0.1, 0.15) is 48.9 Å². The lowest BCUT2D eigenvalue weighted by Gasteiger charge is -2.39. The second-order valence-electron chi connectivity index (χ2n) is 7.01. The summed E-state index contributed by atoms with van der Waals surface area (Å²) in [6, 6.07) is 2.44. The number of β-amino-alcohol motifs (C(OH)–C–C–N with tert-alkyl or cyclic N) is 1. The fraction of sp³-hybridized carbons (Fsp3) is 0.667. The zero-order chi connectivity index (χ0) is 17.8. The van der Waals surface area contributed by atoms with Crippen molar-refractivity contribution in [1.29, 1.82) is 0 Å². The van der Waals surface area contributed by atoms with Crippen LogP contribution in [0.5, 0.6) is 0 Å². The summed E-state index contributed by atoms with van der Waals surface area (Å²) >= 11 is 3.37. The summed E-state index contributed by atoms with van der Waals surface area (Å²) in [6.07, 6.45) is 8.40. The van der Waals surface area contributed by atoms with E-state index in [1.165, 1.54) is 32.1 Å². The van der Waals surface area contributed by atoms with Crippen LogP contribution in [0.2, 0.25) is 0 Å². The summed E-state index contributed by atoms with van der Waals surface area (Å²) in [7, 11) is 1.61. The van der Waals surface area contributed by atoms with Crippen LogP contribution in [0.25, 0.3) is 0 Å². The Bertz CT molecular complexity index is 607. The normalized spacial score (nSPS) is 25.0. The second kappa shape index (κ2) is 8.47. The Kier molecular flexibility index (Phi) is 6.30. The van der Waals surface area contributed by atoms with Gasteiger partial charge in [-0.2, -0.15) is 0 Å². The van der Waals surface area contributed by atoms with Gasteiger partial charge in [-0.15, -0.1) is 0 Å². The quantitative estimate of drug-likeness (QED) is 0.707. The third-order valence-electron chi connectivity index (χ3n) is 5.24. The first-order valence-corrected chi connectivity index (χ1v) is 9.94. The molecule has 25 heavy (non-hydrogen) atoms. The minimum atomic E-state index is -0.460. The maximum atomic E-state index is 12.2. The van der Waals surface area contributed by atoms with Gasteiger partial charge in [0.25, 0.3) is 5.91 Å². The lowest BCUT2D eigenvalue weighted by molar-refractivity contribution is 0.0956. The zero-order valence-electron chi connectivity index (χ0n) is 14.7. The third-order valence-corrected chi connectivity index (χ3v) is 5.68. The summed E-state index contributed by atoms with van der Waals surface area (Å²) in [6.45, 7) is 1.27. The number of carbonyl (C=O) groups is 1. The summed E-state index contributed by atoms with van der Waals surface area (Å²) in [5, 5.41) is 16.9. The molecule has 7 heteroatoms. The van der Waals surface area contributed by atoms with E-state index in [4.69, 9.17) is 0 Å². The molecule has 2 atom stereocenters. The number of amides is 1. The predicted molar refractivity (Wildman–Crippen MR) is 102 cm³/mol. The fourth-order valence-electron chi connectivity index (χ4n) is 3.88. The van der Waals surface area contributed by atoms with Gasteiger partial charge in [0.15, 0.2) is 0 Å². The van der Waals surface area contributed by atoms with Gasteiger partial charge in [0, 0.05) is 42.9 Å². The van der Waals surface area contributed by atoms with Crippen molar-refractivity contribution < 1.29 is 9.90 Å². The van der Waals surface area contributed by atoms with Gasteiger partial charge in [-0.05, 0) is 41.3 Å². The lowest BCUT2D eigenvalue weighted by atomic mass is 9.92. The molecule has 6 nitrogen and oxygen atoms in total. The molecule has 3 rings (SSSR count). The Labute approximate surface area is 157 Å². The van der Waals surface area contributed by atoms with E-state index in [1.54, 1.807) is 19.3 Å². The molecule has 1 amide bonds. The first-order valence-electron chi connectivity index (χ1n) is 9.15. The molecule has 3 N–H and O–H groups in total. The average Bonchev–Trinajstić information content (AvgIpc) is 2.63. The van der Waals surface area contributed by atoms with Crippen LogP contribution in [0, 0.1) is 0 Å². The fourth-order valence-corrected chi connectivity index (χ4v) is 4.21. The van der Waals surface area contributed by atoms with Crippen molar-refractivity contribution in [1.82, 2.24) is 15.6 Å². The van der Waals surface area contributed by atoms with E-state index in [2.05, 4.69) is 31.5 Å². The Balaban J connectivity index is 1.67. The third kappa shape index (κ3) is 4.51. The summed E-state index contributed by atoms with van der Waals surface area (Å²) < 4.78 is 0.768. The number of aliphatic hydroxyl groups excluding tert-OH is 1. The molecule has 1 saturated heterocycles. The molecule has 1 aliphatic carbocycles. The van der Waals surface area contributed by atoms with Crippen LogP contribution in [-0.4, -0.2) is 54.3 Å². The molecule has 1 aromatic heterocycles. The molecular weight excluding hydrogens is 384 g/mol. The smallest absolute Gasteiger partial charge is 0.254 e. The number of aliphatic hydroxyl groups is 1. The maximum absolute atomic E-state index is 12.2. The second-order valence-corrected chi connectivity index (χ2v) is 7.93. The van der Waals surface area contributed by atoms with Crippen molar-refractivity contribution in [3.63, 3.8) is 0 Å². The van der Waals surface area contributed by atoms with Crippen molar-refractivity contribution in [2.24, 2.45) is 0 Å². The number of piperidine rings is 1. The standard InChI is InChI=1S/C18H27BrN4O2/c1-20-18(25)14-9-12(19)10-21-17(14)23-8-7-15(16(24)11-23)22-13-5-3-2-4-6-13/h9-10,13,15-16,22,24H,2-8,11H2,1H3,(H,20,25)/t15-,16-/m1/s1. The molecule has 2 heterocycles. The van der Waals surface area contributed by atoms with E-state index < -0.39 is 6.10 Å². The Morgan fingerprint density at radius 1 is 1.32 bits per heavy atom. The van der Waals surface area contributed by atoms with Gasteiger partial charge >= 0.3 is 0 Å². The van der Waals surface area contributed by atoms with E-state index in [0.29, 0.717) is 24.0 Å². The number of pyridine rings is 1. The van der Waals surface area contributed by atoms with E-state index >= 15 is 0 Å². The zero-order valence-corrected chi connectivity index (χ0v) is 16.3. The highest BCUT2D eigenvalue weighted by Gasteiger charge is 2.31. The molecule has 0 aromatic carbocycles. The number of hydrogen-bond acceptors (Lipinski definition) is 5. The molecule has 0 bridgehead atoms. The van der Waals surface area contributed by atoms with Crippen LogP contribution in [0.3, 0.4) is 0 Å². The predicted octanol–water partition coefficient (Wildman–Crippen LogP) is 2.07. The number of rotatable bonds is 4. The number of anilines is 1. The number of nitrogens with one attached hydrogen (secondary N) is 2. The van der Waals surface area contributed by atoms with Gasteiger partial charge in [-0.25, -0.2) is 4.98 Å². The molecule has 2 fully saturated rings. The summed E-state index contributed by atoms with van der Waals surface area (Å²) in [5.41, 5.74) is 0.530. The molecule has 2 aliphatic rings. The minimum Gasteiger partial charge on any atom is -0.390 e. The first-order chi connectivity index (χ1) is 12.1. The number of aromatic nitrogens is 1. The molecular formula is C18H27BrN4O2. The molecule has 1 aromatic rings. The lowest BCUT2D eigenvalue weighted by Crippen LogP contribution is -2.55. The van der Waals surface area contributed by atoms with Gasteiger partial charge in [-0.1, -0.05) is 19.3 Å². The van der Waals surface area contributed by atoms with E-state index in [-0.39, 0.29) is 11.9 Å². The van der Waals surface area contributed by atoms with Crippen molar-refractivity contribution in [2.45, 2.75) is 56.7 Å². The van der Waals surface area contributed by atoms with Crippen LogP contribution in [0.4, 0.5) is 5.82 Å². The molecule has 1 saturated carbocycles. The highest BCUT2D eigenvalue weighted by Crippen LogP contribution is 2.26. The van der Waals surface area contributed by atoms with E-state index in [9.17, 15) is 9.90 Å². The average molecular weight is 411 g/mol. The monoisotopic (exact) mass is 410 g/mol. The van der Waals surface area contributed by atoms with Crippen molar-refractivity contribution >= 4 is 27.7 Å². The molecule has 0 spiro atoms. The maximum Gasteiger partial charge on any atom is 0.254 e. The van der Waals surface area contributed by atoms with Gasteiger partial charge < -0.3 is 20.6 Å². The Morgan fingerprint density at radius 2 is 2.08 bits per heavy atom. The van der Waals surface area contributed by atoms with E-state index in [1.807, 2.05) is 4.90 Å². The number of hydrogen-bond donors (Lipinski definition) is 3. The van der Waals surface area contributed by atoms with Crippen molar-refractivity contribution in [3.8, 4) is 0 Å². The SMILES string of the molecule is CNC(=O)c1cc(Br)cnc1N1CC[C@@H](NC2CCCCC2)[C@H](O)C1. The van der Waals surface area contributed by atoms with Crippen LogP contribution in [-0.2, 0) is 0 Å². The summed E-state index contributed by atoms with van der Waals surface area (Å²) in [5.74, 6) is 0.471. The van der Waals surface area contributed by atoms with Gasteiger partial charge in [-0.3, -0.25) is 4.79 Å². The highest BCUT2D eigenvalue weighted by molar-refractivity contribution is 9.10. The van der Waals surface area contributed by atoms with Crippen LogP contribution >= 0.6 is 15.9 Å². The largest absolute Gasteiger partial charge is 0.390 e. The molecule has 138 valence electrons. The molecule has 0 unspecified atom stereocenters. The van der Waals surface area contributed by atoms with Gasteiger partial charge in [0.05, 0.1) is 11.7 Å². The van der Waals surface area contributed by atoms with Crippen molar-refractivity contribution in [2.75, 3.05) is 25.0 Å². The van der Waals surface area contributed by atoms with Crippen molar-refractivity contribution in [3.05, 3.63) is 22.3 Å². The topological polar surface area (TPSA) is 77.5 Å². The number of carbonyl (C=O) groups excluding carboxylic acids is 1. The Morgan fingerprint density at radius 3 is 2.76 bits per heavy atom. The number of halogens is 1. The minimum absolute atomic E-state index is 0.123. The number of nitrogens with zero attached hydrogens (tertiary/aromatic N) is 2. The Hall–Kier alpha value is -1.18. The van der Waals surface area contributed by atoms with Gasteiger partial charge in [0.2, 0.25) is 0 Å². The van der Waals surface area contributed by atoms with Gasteiger partial charge in [0.1, 0.15) is 5.82 Å².